The van der Waals surface area contributed by atoms with E-state index in [-0.39, 0.29) is 11.6 Å². The number of pyridine rings is 1. The zero-order valence-electron chi connectivity index (χ0n) is 15.1. The van der Waals surface area contributed by atoms with Gasteiger partial charge in [0.2, 0.25) is 5.91 Å². The molecule has 1 aromatic carbocycles. The fourth-order valence-electron chi connectivity index (χ4n) is 3.15. The zero-order chi connectivity index (χ0) is 19.1. The molecule has 1 aliphatic heterocycles. The summed E-state index contributed by atoms with van der Waals surface area (Å²) in [5, 5.41) is 14.0. The minimum Gasteiger partial charge on any atom is -0.379 e. The van der Waals surface area contributed by atoms with Crippen LogP contribution < -0.4 is 5.32 Å². The Bertz CT molecular complexity index is 776. The van der Waals surface area contributed by atoms with Gasteiger partial charge in [-0.3, -0.25) is 24.8 Å². The first-order valence-electron chi connectivity index (χ1n) is 9.00. The third-order valence-electron chi connectivity index (χ3n) is 4.64. The summed E-state index contributed by atoms with van der Waals surface area (Å²) in [5.41, 5.74) is 1.69. The zero-order valence-corrected chi connectivity index (χ0v) is 15.1. The number of rotatable bonds is 7. The van der Waals surface area contributed by atoms with E-state index in [0.717, 1.165) is 19.6 Å². The SMILES string of the molecule is O=C(CCNc1ccccc1[N+](=O)[O-])N1CCN(Cc2ccncc2)CC1. The maximum Gasteiger partial charge on any atom is 0.292 e. The number of nitrogens with zero attached hydrogens (tertiary/aromatic N) is 4. The van der Waals surface area contributed by atoms with Crippen molar-refractivity contribution in [2.45, 2.75) is 13.0 Å². The molecule has 0 radical (unpaired) electrons. The molecule has 0 atom stereocenters. The molecule has 0 bridgehead atoms. The van der Waals surface area contributed by atoms with Crippen molar-refractivity contribution in [2.24, 2.45) is 0 Å². The molecule has 8 nitrogen and oxygen atoms in total. The Morgan fingerprint density at radius 1 is 1.11 bits per heavy atom. The predicted octanol–water partition coefficient (Wildman–Crippen LogP) is 2.14. The normalized spacial score (nSPS) is 14.7. The lowest BCUT2D eigenvalue weighted by Crippen LogP contribution is -2.48. The van der Waals surface area contributed by atoms with Crippen LogP contribution in [0.5, 0.6) is 0 Å². The number of hydrogen-bond acceptors (Lipinski definition) is 6. The van der Waals surface area contributed by atoms with E-state index in [9.17, 15) is 14.9 Å². The third-order valence-corrected chi connectivity index (χ3v) is 4.64. The number of hydrogen-bond donors (Lipinski definition) is 1. The van der Waals surface area contributed by atoms with Crippen LogP contribution in [-0.2, 0) is 11.3 Å². The Hall–Kier alpha value is -3.00. The number of piperazine rings is 1. The van der Waals surface area contributed by atoms with Gasteiger partial charge in [-0.25, -0.2) is 0 Å². The topological polar surface area (TPSA) is 91.6 Å². The van der Waals surface area contributed by atoms with Crippen LogP contribution >= 0.6 is 0 Å². The summed E-state index contributed by atoms with van der Waals surface area (Å²) in [6.07, 6.45) is 3.90. The van der Waals surface area contributed by atoms with Crippen molar-refractivity contribution in [3.05, 3.63) is 64.5 Å². The first kappa shape index (κ1) is 18.8. The summed E-state index contributed by atoms with van der Waals surface area (Å²) in [6.45, 7) is 4.33. The molecule has 1 fully saturated rings. The first-order chi connectivity index (χ1) is 13.1. The van der Waals surface area contributed by atoms with Crippen molar-refractivity contribution in [3.63, 3.8) is 0 Å². The van der Waals surface area contributed by atoms with Crippen LogP contribution in [0.1, 0.15) is 12.0 Å². The number of anilines is 1. The van der Waals surface area contributed by atoms with Crippen LogP contribution in [0.4, 0.5) is 11.4 Å². The van der Waals surface area contributed by atoms with Gasteiger partial charge in [-0.05, 0) is 23.8 Å². The molecule has 3 rings (SSSR count). The highest BCUT2D eigenvalue weighted by Crippen LogP contribution is 2.23. The average Bonchev–Trinajstić information content (AvgIpc) is 2.69. The molecule has 1 saturated heterocycles. The van der Waals surface area contributed by atoms with E-state index < -0.39 is 4.92 Å². The van der Waals surface area contributed by atoms with Crippen LogP contribution in [0, 0.1) is 10.1 Å². The van der Waals surface area contributed by atoms with Crippen molar-refractivity contribution in [2.75, 3.05) is 38.0 Å². The summed E-state index contributed by atoms with van der Waals surface area (Å²) < 4.78 is 0. The molecule has 142 valence electrons. The molecule has 8 heteroatoms. The highest BCUT2D eigenvalue weighted by Gasteiger charge is 2.21. The fourth-order valence-corrected chi connectivity index (χ4v) is 3.15. The third kappa shape index (κ3) is 5.24. The second kappa shape index (κ2) is 9.09. The number of para-hydroxylation sites is 2. The Labute approximate surface area is 158 Å². The highest BCUT2D eigenvalue weighted by molar-refractivity contribution is 5.77. The van der Waals surface area contributed by atoms with Crippen molar-refractivity contribution in [3.8, 4) is 0 Å². The maximum absolute atomic E-state index is 12.4. The largest absolute Gasteiger partial charge is 0.379 e. The molecule has 0 saturated carbocycles. The van der Waals surface area contributed by atoms with Crippen LogP contribution in [0.3, 0.4) is 0 Å². The molecule has 1 N–H and O–H groups in total. The van der Waals surface area contributed by atoms with E-state index in [0.29, 0.717) is 31.7 Å². The number of amides is 1. The number of benzene rings is 1. The minimum atomic E-state index is -0.424. The molecular formula is C19H23N5O3. The quantitative estimate of drug-likeness (QED) is 0.594. The van der Waals surface area contributed by atoms with E-state index in [2.05, 4.69) is 15.2 Å². The van der Waals surface area contributed by atoms with Gasteiger partial charge in [0.15, 0.2) is 0 Å². The number of aromatic nitrogens is 1. The first-order valence-corrected chi connectivity index (χ1v) is 9.00. The van der Waals surface area contributed by atoms with Gasteiger partial charge in [-0.2, -0.15) is 0 Å². The summed E-state index contributed by atoms with van der Waals surface area (Å²) in [4.78, 5) is 31.2. The second-order valence-corrected chi connectivity index (χ2v) is 6.46. The number of nitro groups is 1. The van der Waals surface area contributed by atoms with Crippen LogP contribution in [0.2, 0.25) is 0 Å². The van der Waals surface area contributed by atoms with Gasteiger partial charge in [0.25, 0.3) is 5.69 Å². The van der Waals surface area contributed by atoms with Crippen molar-refractivity contribution in [1.29, 1.82) is 0 Å². The van der Waals surface area contributed by atoms with Gasteiger partial charge in [-0.15, -0.1) is 0 Å². The van der Waals surface area contributed by atoms with Gasteiger partial charge >= 0.3 is 0 Å². The lowest BCUT2D eigenvalue weighted by molar-refractivity contribution is -0.384. The Kier molecular flexibility index (Phi) is 6.32. The summed E-state index contributed by atoms with van der Waals surface area (Å²) in [6, 6.07) is 10.5. The van der Waals surface area contributed by atoms with Crippen molar-refractivity contribution < 1.29 is 9.72 Å². The van der Waals surface area contributed by atoms with Gasteiger partial charge < -0.3 is 10.2 Å². The number of nitro benzene ring substituents is 1. The van der Waals surface area contributed by atoms with Gasteiger partial charge in [0.05, 0.1) is 4.92 Å². The van der Waals surface area contributed by atoms with E-state index >= 15 is 0 Å². The Balaban J connectivity index is 1.42. The van der Waals surface area contributed by atoms with E-state index in [1.807, 2.05) is 17.0 Å². The number of carbonyl (C=O) groups excluding carboxylic acids is 1. The summed E-state index contributed by atoms with van der Waals surface area (Å²) in [7, 11) is 0. The molecule has 1 aliphatic rings. The summed E-state index contributed by atoms with van der Waals surface area (Å²) >= 11 is 0. The molecule has 0 spiro atoms. The molecule has 1 aromatic heterocycles. The number of carbonyl (C=O) groups is 1. The molecule has 1 amide bonds. The summed E-state index contributed by atoms with van der Waals surface area (Å²) in [5.74, 6) is 0.0737. The predicted molar refractivity (Wildman–Crippen MR) is 102 cm³/mol. The maximum atomic E-state index is 12.4. The smallest absolute Gasteiger partial charge is 0.292 e. The molecule has 27 heavy (non-hydrogen) atoms. The van der Waals surface area contributed by atoms with E-state index in [1.54, 1.807) is 30.6 Å². The highest BCUT2D eigenvalue weighted by atomic mass is 16.6. The lowest BCUT2D eigenvalue weighted by atomic mass is 10.2. The molecular weight excluding hydrogens is 346 g/mol. The van der Waals surface area contributed by atoms with Crippen molar-refractivity contribution in [1.82, 2.24) is 14.8 Å². The van der Waals surface area contributed by atoms with Gasteiger partial charge in [-0.1, -0.05) is 12.1 Å². The minimum absolute atomic E-state index is 0.0228. The molecule has 0 unspecified atom stereocenters. The monoisotopic (exact) mass is 369 g/mol. The molecule has 0 aliphatic carbocycles. The van der Waals surface area contributed by atoms with Crippen LogP contribution in [0.15, 0.2) is 48.8 Å². The standard InChI is InChI=1S/C19H23N5O3/c25-19(7-10-21-17-3-1-2-4-18(17)24(26)27)23-13-11-22(12-14-23)15-16-5-8-20-9-6-16/h1-6,8-9,21H,7,10-15H2. The van der Waals surface area contributed by atoms with E-state index in [1.165, 1.54) is 11.6 Å². The van der Waals surface area contributed by atoms with Crippen LogP contribution in [0.25, 0.3) is 0 Å². The van der Waals surface area contributed by atoms with Crippen LogP contribution in [-0.4, -0.2) is 58.3 Å². The molecule has 2 heterocycles. The number of nitrogens with one attached hydrogen (secondary N) is 1. The van der Waals surface area contributed by atoms with Gasteiger partial charge in [0, 0.05) is 64.1 Å². The lowest BCUT2D eigenvalue weighted by Gasteiger charge is -2.34. The van der Waals surface area contributed by atoms with Crippen molar-refractivity contribution >= 4 is 17.3 Å². The van der Waals surface area contributed by atoms with Gasteiger partial charge in [0.1, 0.15) is 5.69 Å². The van der Waals surface area contributed by atoms with E-state index in [4.69, 9.17) is 0 Å². The average molecular weight is 369 g/mol. The molecule has 2 aromatic rings. The fraction of sp³-hybridized carbons (Fsp3) is 0.368. The Morgan fingerprint density at radius 3 is 2.52 bits per heavy atom. The second-order valence-electron chi connectivity index (χ2n) is 6.46. The Morgan fingerprint density at radius 2 is 1.81 bits per heavy atom.